The molecule has 0 bridgehead atoms. The maximum Gasteiger partial charge on any atom is 0.160 e. The number of hydrogen-bond acceptors (Lipinski definition) is 1. The van der Waals surface area contributed by atoms with Crippen LogP contribution in [-0.2, 0) is 5.88 Å². The van der Waals surface area contributed by atoms with E-state index in [1.165, 1.54) is 0 Å². The maximum atomic E-state index is 11.0. The number of halogens is 1. The van der Waals surface area contributed by atoms with E-state index in [0.29, 0.717) is 5.88 Å². The van der Waals surface area contributed by atoms with Crippen LogP contribution in [0.15, 0.2) is 24.3 Å². The minimum atomic E-state index is 0.0706. The number of Topliss-reactive ketones (excluding diaryl/α,β-unsaturated/α-hetero) is 1. The highest BCUT2D eigenvalue weighted by Crippen LogP contribution is 2.11. The normalized spacial score (nSPS) is 8.62. The topological polar surface area (TPSA) is 17.1 Å². The molecule has 0 aliphatic rings. The smallest absolute Gasteiger partial charge is 0.160 e. The van der Waals surface area contributed by atoms with Gasteiger partial charge in [0, 0.05) is 11.4 Å². The fourth-order valence-corrected chi connectivity index (χ4v) is 1.21. The summed E-state index contributed by atoms with van der Waals surface area (Å²) in [6, 6.07) is 7.38. The minimum absolute atomic E-state index is 0.0706. The Bertz CT molecular complexity index is 269. The number of carbonyl (C=O) groups excluding carboxylic acids is 1. The molecule has 1 nitrogen and oxygen atoms in total. The molecule has 0 radical (unpaired) electrons. The standard InChI is InChI=1S/C9H9ClO.C2H6/c1-7(11)9-5-3-2-4-8(9)6-10;1-2/h2-5H,6H2,1H3;1-2H3. The molecule has 0 fully saturated rings. The van der Waals surface area contributed by atoms with Crippen LogP contribution >= 0.6 is 11.6 Å². The second-order valence-electron chi connectivity index (χ2n) is 2.35. The zero-order chi connectivity index (χ0) is 10.3. The summed E-state index contributed by atoms with van der Waals surface area (Å²) in [5, 5.41) is 0. The van der Waals surface area contributed by atoms with Crippen molar-refractivity contribution in [2.24, 2.45) is 0 Å². The molecule has 72 valence electrons. The van der Waals surface area contributed by atoms with Gasteiger partial charge in [0.15, 0.2) is 5.78 Å². The Morgan fingerprint density at radius 1 is 1.31 bits per heavy atom. The summed E-state index contributed by atoms with van der Waals surface area (Å²) >= 11 is 5.62. The third-order valence-corrected chi connectivity index (χ3v) is 1.83. The van der Waals surface area contributed by atoms with E-state index in [2.05, 4.69) is 0 Å². The van der Waals surface area contributed by atoms with Gasteiger partial charge in [-0.1, -0.05) is 38.1 Å². The summed E-state index contributed by atoms with van der Waals surface area (Å²) in [7, 11) is 0. The van der Waals surface area contributed by atoms with Gasteiger partial charge in [-0.25, -0.2) is 0 Å². The van der Waals surface area contributed by atoms with Crippen molar-refractivity contribution in [3.05, 3.63) is 35.4 Å². The summed E-state index contributed by atoms with van der Waals surface area (Å²) in [6.45, 7) is 5.55. The molecule has 0 heterocycles. The van der Waals surface area contributed by atoms with E-state index in [-0.39, 0.29) is 5.78 Å². The molecule has 0 N–H and O–H groups in total. The lowest BCUT2D eigenvalue weighted by Crippen LogP contribution is -1.96. The van der Waals surface area contributed by atoms with Crippen LogP contribution in [0.3, 0.4) is 0 Å². The van der Waals surface area contributed by atoms with Crippen LogP contribution in [0, 0.1) is 0 Å². The zero-order valence-corrected chi connectivity index (χ0v) is 9.06. The Labute approximate surface area is 84.7 Å². The van der Waals surface area contributed by atoms with Crippen molar-refractivity contribution in [3.8, 4) is 0 Å². The lowest BCUT2D eigenvalue weighted by molar-refractivity contribution is 0.101. The fraction of sp³-hybridized carbons (Fsp3) is 0.364. The first-order chi connectivity index (χ1) is 6.25. The number of rotatable bonds is 2. The van der Waals surface area contributed by atoms with Gasteiger partial charge in [-0.05, 0) is 12.5 Å². The molecule has 0 saturated heterocycles. The monoisotopic (exact) mass is 198 g/mol. The van der Waals surface area contributed by atoms with Gasteiger partial charge < -0.3 is 0 Å². The number of alkyl halides is 1. The largest absolute Gasteiger partial charge is 0.295 e. The molecule has 0 unspecified atom stereocenters. The highest BCUT2D eigenvalue weighted by atomic mass is 35.5. The van der Waals surface area contributed by atoms with Crippen molar-refractivity contribution in [2.45, 2.75) is 26.7 Å². The van der Waals surface area contributed by atoms with Gasteiger partial charge in [0.1, 0.15) is 0 Å². The van der Waals surface area contributed by atoms with Crippen LogP contribution in [0.4, 0.5) is 0 Å². The first-order valence-electron chi connectivity index (χ1n) is 4.40. The van der Waals surface area contributed by atoms with Crippen LogP contribution in [0.5, 0.6) is 0 Å². The van der Waals surface area contributed by atoms with Gasteiger partial charge in [0.05, 0.1) is 0 Å². The third kappa shape index (κ3) is 3.60. The predicted octanol–water partition coefficient (Wildman–Crippen LogP) is 3.65. The Hall–Kier alpha value is -0.820. The molecular weight excluding hydrogens is 184 g/mol. The summed E-state index contributed by atoms with van der Waals surface area (Å²) < 4.78 is 0. The molecule has 0 aliphatic heterocycles. The number of hydrogen-bond donors (Lipinski definition) is 0. The summed E-state index contributed by atoms with van der Waals surface area (Å²) in [5.41, 5.74) is 1.63. The molecule has 0 aliphatic carbocycles. The molecule has 0 saturated carbocycles. The maximum absolute atomic E-state index is 11.0. The van der Waals surface area contributed by atoms with Crippen LogP contribution in [0.25, 0.3) is 0 Å². The Kier molecular flexibility index (Phi) is 6.25. The molecule has 2 heteroatoms. The average Bonchev–Trinajstić information content (AvgIpc) is 2.20. The minimum Gasteiger partial charge on any atom is -0.295 e. The SMILES string of the molecule is CC.CC(=O)c1ccccc1CCl. The van der Waals surface area contributed by atoms with Crippen molar-refractivity contribution in [2.75, 3.05) is 0 Å². The van der Waals surface area contributed by atoms with E-state index in [1.54, 1.807) is 13.0 Å². The van der Waals surface area contributed by atoms with E-state index in [1.807, 2.05) is 32.0 Å². The second kappa shape index (κ2) is 6.67. The molecule has 1 aromatic rings. The van der Waals surface area contributed by atoms with Crippen molar-refractivity contribution in [1.29, 1.82) is 0 Å². The van der Waals surface area contributed by atoms with E-state index in [0.717, 1.165) is 11.1 Å². The first kappa shape index (κ1) is 12.2. The summed E-state index contributed by atoms with van der Waals surface area (Å²) in [5.74, 6) is 0.469. The molecule has 0 spiro atoms. The van der Waals surface area contributed by atoms with Crippen molar-refractivity contribution < 1.29 is 4.79 Å². The quantitative estimate of drug-likeness (QED) is 0.524. The molecule has 1 rings (SSSR count). The Morgan fingerprint density at radius 2 is 1.85 bits per heavy atom. The number of benzene rings is 1. The molecule has 0 aromatic heterocycles. The van der Waals surface area contributed by atoms with Crippen molar-refractivity contribution in [1.82, 2.24) is 0 Å². The molecule has 13 heavy (non-hydrogen) atoms. The van der Waals surface area contributed by atoms with Gasteiger partial charge in [-0.3, -0.25) is 4.79 Å². The third-order valence-electron chi connectivity index (χ3n) is 1.54. The predicted molar refractivity (Wildman–Crippen MR) is 57.4 cm³/mol. The van der Waals surface area contributed by atoms with Gasteiger partial charge in [0.25, 0.3) is 0 Å². The number of ketones is 1. The van der Waals surface area contributed by atoms with Crippen molar-refractivity contribution in [3.63, 3.8) is 0 Å². The highest BCUT2D eigenvalue weighted by Gasteiger charge is 2.03. The Balaban J connectivity index is 0.000000671. The van der Waals surface area contributed by atoms with Crippen LogP contribution in [0.2, 0.25) is 0 Å². The van der Waals surface area contributed by atoms with E-state index >= 15 is 0 Å². The van der Waals surface area contributed by atoms with Gasteiger partial charge >= 0.3 is 0 Å². The van der Waals surface area contributed by atoms with Crippen LogP contribution in [0.1, 0.15) is 36.7 Å². The molecular formula is C11H15ClO. The fourth-order valence-electron chi connectivity index (χ4n) is 0.980. The van der Waals surface area contributed by atoms with E-state index < -0.39 is 0 Å². The number of carbonyl (C=O) groups is 1. The second-order valence-corrected chi connectivity index (χ2v) is 2.61. The summed E-state index contributed by atoms with van der Waals surface area (Å²) in [4.78, 5) is 11.0. The van der Waals surface area contributed by atoms with Gasteiger partial charge in [-0.2, -0.15) is 0 Å². The summed E-state index contributed by atoms with van der Waals surface area (Å²) in [6.07, 6.45) is 0. The highest BCUT2D eigenvalue weighted by molar-refractivity contribution is 6.17. The molecule has 1 aromatic carbocycles. The first-order valence-corrected chi connectivity index (χ1v) is 4.94. The zero-order valence-electron chi connectivity index (χ0n) is 8.30. The van der Waals surface area contributed by atoms with E-state index in [4.69, 9.17) is 11.6 Å². The molecule has 0 atom stereocenters. The van der Waals surface area contributed by atoms with Crippen molar-refractivity contribution >= 4 is 17.4 Å². The van der Waals surface area contributed by atoms with Crippen LogP contribution in [-0.4, -0.2) is 5.78 Å². The molecule has 0 amide bonds. The lowest BCUT2D eigenvalue weighted by atomic mass is 10.1. The van der Waals surface area contributed by atoms with Gasteiger partial charge in [-0.15, -0.1) is 11.6 Å². The average molecular weight is 199 g/mol. The Morgan fingerprint density at radius 3 is 2.23 bits per heavy atom. The van der Waals surface area contributed by atoms with Gasteiger partial charge in [0.2, 0.25) is 0 Å². The van der Waals surface area contributed by atoms with E-state index in [9.17, 15) is 4.79 Å². The van der Waals surface area contributed by atoms with Crippen LogP contribution < -0.4 is 0 Å². The lowest BCUT2D eigenvalue weighted by Gasteiger charge is -2.00.